The number of rotatable bonds is 2. The van der Waals surface area contributed by atoms with E-state index in [4.69, 9.17) is 5.84 Å². The minimum Gasteiger partial charge on any atom is -0.324 e. The minimum absolute atomic E-state index is 0.0243. The molecule has 14 heavy (non-hydrogen) atoms. The lowest BCUT2D eigenvalue weighted by atomic mass is 10.3. The van der Waals surface area contributed by atoms with Gasteiger partial charge in [0.1, 0.15) is 0 Å². The Bertz CT molecular complexity index is 327. The van der Waals surface area contributed by atoms with Crippen LogP contribution in [-0.4, -0.2) is 5.51 Å². The Hall–Kier alpha value is -0.530. The van der Waals surface area contributed by atoms with Crippen molar-refractivity contribution < 1.29 is 13.2 Å². The average molecular weight is 240 g/mol. The fourth-order valence-electron chi connectivity index (χ4n) is 0.810. The third kappa shape index (κ3) is 3.32. The van der Waals surface area contributed by atoms with Crippen molar-refractivity contribution in [3.63, 3.8) is 0 Å². The van der Waals surface area contributed by atoms with Crippen molar-refractivity contribution in [3.05, 3.63) is 18.2 Å². The van der Waals surface area contributed by atoms with Gasteiger partial charge < -0.3 is 5.43 Å². The first-order valence-corrected chi connectivity index (χ1v) is 4.74. The van der Waals surface area contributed by atoms with Gasteiger partial charge in [0.25, 0.3) is 0 Å². The van der Waals surface area contributed by atoms with E-state index in [1.165, 1.54) is 12.1 Å². The van der Waals surface area contributed by atoms with Gasteiger partial charge in [-0.05, 0) is 30.0 Å². The zero-order valence-corrected chi connectivity index (χ0v) is 8.51. The van der Waals surface area contributed by atoms with E-state index in [1.54, 1.807) is 6.07 Å². The number of benzene rings is 1. The predicted molar refractivity (Wildman–Crippen MR) is 53.4 cm³/mol. The molecule has 0 aromatic heterocycles. The molecule has 2 nitrogen and oxygen atoms in total. The molecule has 0 heterocycles. The third-order valence-electron chi connectivity index (χ3n) is 1.35. The molecule has 0 aliphatic heterocycles. The minimum atomic E-state index is -4.31. The van der Waals surface area contributed by atoms with E-state index in [0.717, 1.165) is 0 Å². The average Bonchev–Trinajstić information content (AvgIpc) is 2.06. The summed E-state index contributed by atoms with van der Waals surface area (Å²) < 4.78 is 36.1. The fourth-order valence-corrected chi connectivity index (χ4v) is 1.69. The molecule has 3 N–H and O–H groups in total. The van der Waals surface area contributed by atoms with Crippen LogP contribution in [0.5, 0.6) is 0 Å². The van der Waals surface area contributed by atoms with Crippen molar-refractivity contribution in [1.82, 2.24) is 0 Å². The van der Waals surface area contributed by atoms with Gasteiger partial charge in [0.05, 0.1) is 0 Å². The van der Waals surface area contributed by atoms with Gasteiger partial charge in [0, 0.05) is 15.5 Å². The van der Waals surface area contributed by atoms with E-state index < -0.39 is 5.51 Å². The molecular formula is C7H7F3N2S2. The molecular weight excluding hydrogens is 233 g/mol. The molecule has 0 spiro atoms. The van der Waals surface area contributed by atoms with Gasteiger partial charge in [-0.15, -0.1) is 12.6 Å². The van der Waals surface area contributed by atoms with E-state index in [-0.39, 0.29) is 21.6 Å². The lowest BCUT2D eigenvalue weighted by molar-refractivity contribution is -0.0328. The molecule has 0 bridgehead atoms. The molecule has 78 valence electrons. The SMILES string of the molecule is NNc1ccc(S)c(SC(F)(F)F)c1. The Labute approximate surface area is 88.4 Å². The number of thioether (sulfide) groups is 1. The van der Waals surface area contributed by atoms with Crippen LogP contribution < -0.4 is 11.3 Å². The first-order valence-electron chi connectivity index (χ1n) is 3.48. The summed E-state index contributed by atoms with van der Waals surface area (Å²) in [4.78, 5) is 0.294. The second kappa shape index (κ2) is 4.33. The molecule has 0 aliphatic carbocycles. The van der Waals surface area contributed by atoms with E-state index in [2.05, 4.69) is 18.1 Å². The Morgan fingerprint density at radius 3 is 2.50 bits per heavy atom. The number of thiol groups is 1. The summed E-state index contributed by atoms with van der Waals surface area (Å²) in [6, 6.07) is 4.29. The van der Waals surface area contributed by atoms with Crippen LogP contribution in [0.15, 0.2) is 28.0 Å². The molecule has 1 aromatic rings. The number of nitrogens with two attached hydrogens (primary N) is 1. The van der Waals surface area contributed by atoms with Crippen molar-refractivity contribution >= 4 is 30.1 Å². The molecule has 0 radical (unpaired) electrons. The van der Waals surface area contributed by atoms with Crippen molar-refractivity contribution in [2.24, 2.45) is 5.84 Å². The van der Waals surface area contributed by atoms with Gasteiger partial charge in [-0.3, -0.25) is 5.84 Å². The number of alkyl halides is 3. The van der Waals surface area contributed by atoms with Crippen LogP contribution in [0.4, 0.5) is 18.9 Å². The second-order valence-corrected chi connectivity index (χ2v) is 3.96. The molecule has 1 rings (SSSR count). The maximum Gasteiger partial charge on any atom is 0.446 e. The van der Waals surface area contributed by atoms with Crippen LogP contribution in [0.1, 0.15) is 0 Å². The number of hydrogen-bond donors (Lipinski definition) is 3. The molecule has 0 fully saturated rings. The monoisotopic (exact) mass is 240 g/mol. The summed E-state index contributed by atoms with van der Waals surface area (Å²) in [5.41, 5.74) is -1.64. The number of nitrogens with one attached hydrogen (secondary N) is 1. The summed E-state index contributed by atoms with van der Waals surface area (Å²) >= 11 is 3.69. The number of halogens is 3. The molecule has 0 unspecified atom stereocenters. The summed E-state index contributed by atoms with van der Waals surface area (Å²) in [6.45, 7) is 0. The molecule has 0 saturated carbocycles. The van der Waals surface area contributed by atoms with E-state index in [9.17, 15) is 13.2 Å². The van der Waals surface area contributed by atoms with Crippen LogP contribution in [0.2, 0.25) is 0 Å². The number of hydrazine groups is 1. The highest BCUT2D eigenvalue weighted by molar-refractivity contribution is 8.00. The number of hydrogen-bond acceptors (Lipinski definition) is 4. The third-order valence-corrected chi connectivity index (χ3v) is 2.68. The van der Waals surface area contributed by atoms with E-state index in [1.807, 2.05) is 0 Å². The van der Waals surface area contributed by atoms with Crippen molar-refractivity contribution in [1.29, 1.82) is 0 Å². The highest BCUT2D eigenvalue weighted by Crippen LogP contribution is 2.40. The van der Waals surface area contributed by atoms with Gasteiger partial charge in [-0.25, -0.2) is 0 Å². The molecule has 0 amide bonds. The Kier molecular flexibility index (Phi) is 3.57. The lowest BCUT2D eigenvalue weighted by Gasteiger charge is -2.09. The highest BCUT2D eigenvalue weighted by Gasteiger charge is 2.30. The van der Waals surface area contributed by atoms with Gasteiger partial charge in [-0.1, -0.05) is 0 Å². The zero-order chi connectivity index (χ0) is 10.8. The highest BCUT2D eigenvalue weighted by atomic mass is 32.2. The van der Waals surface area contributed by atoms with Crippen LogP contribution >= 0.6 is 24.4 Å². The fraction of sp³-hybridized carbons (Fsp3) is 0.143. The lowest BCUT2D eigenvalue weighted by Crippen LogP contribution is -2.07. The zero-order valence-electron chi connectivity index (χ0n) is 6.80. The van der Waals surface area contributed by atoms with Crippen molar-refractivity contribution in [2.45, 2.75) is 15.3 Å². The van der Waals surface area contributed by atoms with Crippen LogP contribution in [0.3, 0.4) is 0 Å². The largest absolute Gasteiger partial charge is 0.446 e. The summed E-state index contributed by atoms with van der Waals surface area (Å²) in [6.07, 6.45) is 0. The Balaban J connectivity index is 2.95. The smallest absolute Gasteiger partial charge is 0.324 e. The van der Waals surface area contributed by atoms with Crippen molar-refractivity contribution in [3.8, 4) is 0 Å². The van der Waals surface area contributed by atoms with Crippen LogP contribution in [0.25, 0.3) is 0 Å². The molecule has 1 aromatic carbocycles. The van der Waals surface area contributed by atoms with Crippen LogP contribution in [0, 0.1) is 0 Å². The first-order chi connectivity index (χ1) is 6.42. The van der Waals surface area contributed by atoms with Gasteiger partial charge in [0.15, 0.2) is 0 Å². The Morgan fingerprint density at radius 2 is 2.00 bits per heavy atom. The van der Waals surface area contributed by atoms with Crippen molar-refractivity contribution in [2.75, 3.05) is 5.43 Å². The van der Waals surface area contributed by atoms with E-state index >= 15 is 0 Å². The predicted octanol–water partition coefficient (Wildman–Crippen LogP) is 2.87. The second-order valence-electron chi connectivity index (χ2n) is 2.37. The molecule has 0 saturated heterocycles. The van der Waals surface area contributed by atoms with Gasteiger partial charge in [-0.2, -0.15) is 13.2 Å². The van der Waals surface area contributed by atoms with E-state index in [0.29, 0.717) is 5.69 Å². The Morgan fingerprint density at radius 1 is 1.36 bits per heavy atom. The normalized spacial score (nSPS) is 11.5. The maximum atomic E-state index is 12.0. The quantitative estimate of drug-likeness (QED) is 0.322. The summed E-state index contributed by atoms with van der Waals surface area (Å²) in [5.74, 6) is 5.07. The molecule has 0 aliphatic rings. The number of nitrogen functional groups attached to an aromatic ring is 1. The van der Waals surface area contributed by atoms with Gasteiger partial charge >= 0.3 is 5.51 Å². The molecule has 0 atom stereocenters. The standard InChI is InChI=1S/C7H7F3N2S2/c8-7(9,10)14-6-3-4(12-11)1-2-5(6)13/h1-3,12-13H,11H2. The first kappa shape index (κ1) is 11.5. The van der Waals surface area contributed by atoms with Gasteiger partial charge in [0.2, 0.25) is 0 Å². The topological polar surface area (TPSA) is 38.0 Å². The van der Waals surface area contributed by atoms with Crippen LogP contribution in [-0.2, 0) is 0 Å². The number of anilines is 1. The summed E-state index contributed by atoms with van der Waals surface area (Å²) in [7, 11) is 0. The molecule has 7 heteroatoms. The maximum absolute atomic E-state index is 12.0. The summed E-state index contributed by atoms with van der Waals surface area (Å²) in [5, 5.41) is 0.